The van der Waals surface area contributed by atoms with Crippen LogP contribution >= 0.6 is 11.3 Å². The van der Waals surface area contributed by atoms with Gasteiger partial charge in [-0.1, -0.05) is 24.3 Å². The highest BCUT2D eigenvalue weighted by molar-refractivity contribution is 7.84. The fraction of sp³-hybridized carbons (Fsp3) is 0.375. The van der Waals surface area contributed by atoms with E-state index < -0.39 is 41.0 Å². The van der Waals surface area contributed by atoms with Crippen LogP contribution in [0, 0.1) is 5.92 Å². The first-order valence-electron chi connectivity index (χ1n) is 11.7. The molecule has 4 atom stereocenters. The zero-order valence-corrected chi connectivity index (χ0v) is 21.4. The van der Waals surface area contributed by atoms with E-state index in [4.69, 9.17) is 9.88 Å². The average Bonchev–Trinajstić information content (AvgIpc) is 3.49. The summed E-state index contributed by atoms with van der Waals surface area (Å²) in [5.41, 5.74) is 1.04. The largest absolute Gasteiger partial charge is 0.393 e. The molecule has 2 aromatic heterocycles. The number of ether oxygens (including phenoxy) is 1. The van der Waals surface area contributed by atoms with Crippen LogP contribution in [0.5, 0.6) is 0 Å². The first-order chi connectivity index (χ1) is 18.0. The molecule has 3 aromatic rings. The van der Waals surface area contributed by atoms with Gasteiger partial charge in [0.05, 0.1) is 23.2 Å². The quantitative estimate of drug-likeness (QED) is 0.349. The van der Waals surface area contributed by atoms with Gasteiger partial charge in [0.25, 0.3) is 5.92 Å². The lowest BCUT2D eigenvalue weighted by Crippen LogP contribution is -2.30. The molecule has 0 unspecified atom stereocenters. The molecule has 14 heteroatoms. The van der Waals surface area contributed by atoms with Crippen LogP contribution in [-0.2, 0) is 25.1 Å². The summed E-state index contributed by atoms with van der Waals surface area (Å²) >= 11 is 1.16. The normalized spacial score (nSPS) is 24.6. The molecule has 38 heavy (non-hydrogen) atoms. The number of ketones is 1. The van der Waals surface area contributed by atoms with Crippen molar-refractivity contribution >= 4 is 33.2 Å². The zero-order chi connectivity index (χ0) is 27.1. The monoisotopic (exact) mass is 566 g/mol. The minimum Gasteiger partial charge on any atom is -0.393 e. The Hall–Kier alpha value is -2.88. The van der Waals surface area contributed by atoms with Gasteiger partial charge in [-0.25, -0.2) is 15.1 Å². The van der Waals surface area contributed by atoms with Gasteiger partial charge in [0.15, 0.2) is 0 Å². The second-order valence-corrected chi connectivity index (χ2v) is 11.4. The van der Waals surface area contributed by atoms with E-state index in [0.717, 1.165) is 11.3 Å². The van der Waals surface area contributed by atoms with E-state index in [1.165, 1.54) is 18.6 Å². The lowest BCUT2D eigenvalue weighted by Gasteiger charge is -2.31. The number of nitrogens with two attached hydrogens (primary N) is 1. The lowest BCUT2D eigenvalue weighted by molar-refractivity contribution is -0.115. The fourth-order valence-electron chi connectivity index (χ4n) is 4.82. The zero-order valence-electron chi connectivity index (χ0n) is 19.8. The predicted octanol–water partition coefficient (Wildman–Crippen LogP) is 2.75. The highest BCUT2D eigenvalue weighted by Gasteiger charge is 2.42. The third-order valence-electron chi connectivity index (χ3n) is 6.62. The summed E-state index contributed by atoms with van der Waals surface area (Å²) in [6, 6.07) is 7.51. The molecular formula is C24H24F2N4O6S2. The number of halogens is 2. The molecule has 10 nitrogen and oxygen atoms in total. The van der Waals surface area contributed by atoms with E-state index in [2.05, 4.69) is 19.5 Å². The van der Waals surface area contributed by atoms with E-state index in [0.29, 0.717) is 22.4 Å². The van der Waals surface area contributed by atoms with Gasteiger partial charge in [-0.15, -0.1) is 11.3 Å². The smallest absolute Gasteiger partial charge is 0.333 e. The molecule has 1 aromatic carbocycles. The third-order valence-corrected chi connectivity index (χ3v) is 8.03. The molecular weight excluding hydrogens is 542 g/mol. The molecule has 1 aliphatic heterocycles. The van der Waals surface area contributed by atoms with Crippen molar-refractivity contribution in [3.63, 3.8) is 0 Å². The van der Waals surface area contributed by atoms with Crippen molar-refractivity contribution in [3.8, 4) is 0 Å². The maximum absolute atomic E-state index is 14.3. The van der Waals surface area contributed by atoms with E-state index >= 15 is 0 Å². The molecule has 4 N–H and O–H groups in total. The Kier molecular flexibility index (Phi) is 7.28. The van der Waals surface area contributed by atoms with Gasteiger partial charge in [0, 0.05) is 23.7 Å². The van der Waals surface area contributed by atoms with Crippen LogP contribution < -0.4 is 10.5 Å². The Labute approximate surface area is 221 Å². The van der Waals surface area contributed by atoms with E-state index in [-0.39, 0.29) is 41.8 Å². The van der Waals surface area contributed by atoms with Crippen molar-refractivity contribution in [2.45, 2.75) is 37.0 Å². The van der Waals surface area contributed by atoms with Crippen molar-refractivity contribution in [2.75, 3.05) is 18.5 Å². The number of aliphatic hydroxyl groups excluding tert-OH is 1. The predicted molar refractivity (Wildman–Crippen MR) is 133 cm³/mol. The Morgan fingerprint density at radius 1 is 1.32 bits per heavy atom. The molecule has 1 aliphatic carbocycles. The molecule has 1 saturated carbocycles. The van der Waals surface area contributed by atoms with Crippen LogP contribution in [0.4, 0.5) is 14.6 Å². The molecule has 0 saturated heterocycles. The second-order valence-electron chi connectivity index (χ2n) is 9.26. The van der Waals surface area contributed by atoms with Crippen molar-refractivity contribution in [1.29, 1.82) is 0 Å². The number of thiophene rings is 1. The number of nitrogens with zero attached hydrogens (tertiary/aromatic N) is 2. The highest BCUT2D eigenvalue weighted by atomic mass is 32.2. The highest BCUT2D eigenvalue weighted by Crippen LogP contribution is 2.43. The number of fused-ring (bicyclic) bond motifs is 1. The van der Waals surface area contributed by atoms with E-state index in [9.17, 15) is 27.1 Å². The SMILES string of the molecule is NS(=O)(=O)OC[C@H]1C[C@@H](Nc2ncncc2C(=O)c2cc([C@@H]3OCC(F)(F)c4ccccc43)cs2)C[C@@H]1O. The van der Waals surface area contributed by atoms with Gasteiger partial charge < -0.3 is 15.2 Å². The van der Waals surface area contributed by atoms with Crippen molar-refractivity contribution in [1.82, 2.24) is 9.97 Å². The van der Waals surface area contributed by atoms with Gasteiger partial charge >= 0.3 is 10.3 Å². The Balaban J connectivity index is 1.32. The number of benzene rings is 1. The number of anilines is 1. The van der Waals surface area contributed by atoms with E-state index in [1.807, 2.05) is 0 Å². The van der Waals surface area contributed by atoms with Crippen LogP contribution in [0.3, 0.4) is 0 Å². The van der Waals surface area contributed by atoms with Gasteiger partial charge in [-0.3, -0.25) is 8.98 Å². The molecule has 0 bridgehead atoms. The third kappa shape index (κ3) is 5.60. The fourth-order valence-corrected chi connectivity index (χ4v) is 6.06. The Morgan fingerprint density at radius 2 is 2.11 bits per heavy atom. The number of hydrogen-bond acceptors (Lipinski definition) is 10. The summed E-state index contributed by atoms with van der Waals surface area (Å²) in [6.45, 7) is -1.02. The molecule has 0 amide bonds. The van der Waals surface area contributed by atoms with Crippen LogP contribution in [0.25, 0.3) is 0 Å². The van der Waals surface area contributed by atoms with Gasteiger partial charge in [-0.05, 0) is 35.4 Å². The molecule has 3 heterocycles. The van der Waals surface area contributed by atoms with Gasteiger partial charge in [-0.2, -0.15) is 17.2 Å². The summed E-state index contributed by atoms with van der Waals surface area (Å²) in [7, 11) is -4.13. The number of rotatable bonds is 8. The minimum atomic E-state index is -4.13. The summed E-state index contributed by atoms with van der Waals surface area (Å²) in [5, 5.41) is 20.0. The summed E-state index contributed by atoms with van der Waals surface area (Å²) in [4.78, 5) is 21.9. The summed E-state index contributed by atoms with van der Waals surface area (Å²) in [6.07, 6.45) is 1.73. The maximum atomic E-state index is 14.3. The Bertz CT molecular complexity index is 1450. The number of nitrogens with one attached hydrogen (secondary N) is 1. The summed E-state index contributed by atoms with van der Waals surface area (Å²) in [5.74, 6) is -3.69. The molecule has 5 rings (SSSR count). The second kappa shape index (κ2) is 10.4. The minimum absolute atomic E-state index is 0.0928. The molecule has 2 aliphatic rings. The summed E-state index contributed by atoms with van der Waals surface area (Å²) < 4.78 is 61.0. The van der Waals surface area contributed by atoms with Crippen LogP contribution in [0.1, 0.15) is 50.9 Å². The number of alkyl halides is 2. The number of aromatic nitrogens is 2. The topological polar surface area (TPSA) is 154 Å². The molecule has 0 spiro atoms. The first kappa shape index (κ1) is 26.7. The average molecular weight is 567 g/mol. The number of carbonyl (C=O) groups is 1. The molecule has 202 valence electrons. The van der Waals surface area contributed by atoms with Crippen molar-refractivity contribution < 1.29 is 36.0 Å². The molecule has 1 fully saturated rings. The van der Waals surface area contributed by atoms with Crippen molar-refractivity contribution in [2.24, 2.45) is 11.1 Å². The van der Waals surface area contributed by atoms with Crippen LogP contribution in [0.15, 0.2) is 48.2 Å². The van der Waals surface area contributed by atoms with Crippen molar-refractivity contribution in [3.05, 3.63) is 75.4 Å². The van der Waals surface area contributed by atoms with Gasteiger partial charge in [0.1, 0.15) is 24.9 Å². The van der Waals surface area contributed by atoms with Gasteiger partial charge in [0.2, 0.25) is 5.78 Å². The Morgan fingerprint density at radius 3 is 2.89 bits per heavy atom. The first-order valence-corrected chi connectivity index (χ1v) is 14.0. The maximum Gasteiger partial charge on any atom is 0.333 e. The molecule has 0 radical (unpaired) electrons. The van der Waals surface area contributed by atoms with Crippen LogP contribution in [-0.4, -0.2) is 54.6 Å². The standard InChI is InChI=1S/C24H24F2N4O6S2/c25-24(26)11-35-22(16-3-1-2-4-18(16)24)14-6-20(37-10-14)21(32)17-8-28-12-29-23(17)30-15-5-13(19(31)7-15)9-36-38(27,33)34/h1-4,6,8,10,12-13,15,19,22,31H,5,7,9,11H2,(H2,27,33,34)(H,28,29,30)/t13-,15-,19+,22+/m1/s1. The lowest BCUT2D eigenvalue weighted by atomic mass is 9.92. The number of carbonyl (C=O) groups excluding carboxylic acids is 1. The van der Waals surface area contributed by atoms with E-state index in [1.54, 1.807) is 29.6 Å². The number of aliphatic hydroxyl groups is 1. The van der Waals surface area contributed by atoms with Crippen LogP contribution in [0.2, 0.25) is 0 Å². The number of hydrogen-bond donors (Lipinski definition) is 3.